The van der Waals surface area contributed by atoms with Gasteiger partial charge < -0.3 is 19.9 Å². The molecule has 0 aliphatic carbocycles. The smallest absolute Gasteiger partial charge is 0.342 e. The zero-order valence-corrected chi connectivity index (χ0v) is 21.2. The van der Waals surface area contributed by atoms with Gasteiger partial charge in [-0.1, -0.05) is 30.3 Å². The van der Waals surface area contributed by atoms with Gasteiger partial charge in [0.1, 0.15) is 17.9 Å². The van der Waals surface area contributed by atoms with Gasteiger partial charge in [-0.2, -0.15) is 9.78 Å². The van der Waals surface area contributed by atoms with E-state index in [4.69, 9.17) is 14.5 Å². The Bertz CT molecular complexity index is 1460. The molecule has 0 atom stereocenters. The van der Waals surface area contributed by atoms with E-state index in [1.54, 1.807) is 6.07 Å². The Morgan fingerprint density at radius 2 is 1.89 bits per heavy atom. The number of nitrogens with zero attached hydrogens (tertiary/aromatic N) is 3. The lowest BCUT2D eigenvalue weighted by Crippen LogP contribution is -2.16. The third-order valence-corrected chi connectivity index (χ3v) is 6.89. The van der Waals surface area contributed by atoms with Crippen LogP contribution in [0.4, 0.5) is 0 Å². The zero-order chi connectivity index (χ0) is 25.9. The molecule has 0 saturated heterocycles. The monoisotopic (exact) mass is 498 g/mol. The fourth-order valence-corrected chi connectivity index (χ4v) is 4.89. The number of fused-ring (bicyclic) bond motifs is 1. The van der Waals surface area contributed by atoms with Crippen molar-refractivity contribution in [2.24, 2.45) is 0 Å². The molecule has 0 fully saturated rings. The summed E-state index contributed by atoms with van der Waals surface area (Å²) in [5, 5.41) is 17.1. The number of nitrogens with one attached hydrogen (secondary N) is 1. The summed E-state index contributed by atoms with van der Waals surface area (Å²) >= 11 is 0. The highest BCUT2D eigenvalue weighted by Crippen LogP contribution is 2.34. The van der Waals surface area contributed by atoms with Crippen LogP contribution in [0.1, 0.15) is 38.2 Å². The third kappa shape index (κ3) is 4.80. The maximum atomic E-state index is 11.5. The normalized spacial score (nSPS) is 13.1. The minimum Gasteiger partial charge on any atom is -0.488 e. The molecular formula is C29H30N4O4. The molecule has 4 aromatic rings. The fourth-order valence-electron chi connectivity index (χ4n) is 4.89. The molecule has 8 heteroatoms. The van der Waals surface area contributed by atoms with Crippen LogP contribution < -0.4 is 14.8 Å². The molecule has 0 unspecified atom stereocenters. The van der Waals surface area contributed by atoms with Gasteiger partial charge in [-0.3, -0.25) is 0 Å². The van der Waals surface area contributed by atoms with Crippen molar-refractivity contribution in [1.29, 1.82) is 0 Å². The van der Waals surface area contributed by atoms with E-state index in [0.717, 1.165) is 42.8 Å². The number of ether oxygens (including phenoxy) is 2. The number of aromatic carboxylic acids is 1. The predicted octanol–water partition coefficient (Wildman–Crippen LogP) is 4.53. The van der Waals surface area contributed by atoms with Gasteiger partial charge in [0.15, 0.2) is 5.82 Å². The van der Waals surface area contributed by atoms with Crippen molar-refractivity contribution in [3.05, 3.63) is 88.1 Å². The number of carbonyl (C=O) groups is 1. The van der Waals surface area contributed by atoms with Crippen LogP contribution in [0.3, 0.4) is 0 Å². The van der Waals surface area contributed by atoms with Crippen LogP contribution in [0.2, 0.25) is 0 Å². The highest BCUT2D eigenvalue weighted by atomic mass is 16.5. The summed E-state index contributed by atoms with van der Waals surface area (Å²) in [6, 6.07) is 15.9. The number of carboxylic acid groups (broad SMARTS) is 1. The zero-order valence-electron chi connectivity index (χ0n) is 21.2. The second-order valence-electron chi connectivity index (χ2n) is 9.14. The maximum absolute atomic E-state index is 11.5. The van der Waals surface area contributed by atoms with Crippen molar-refractivity contribution < 1.29 is 19.4 Å². The second kappa shape index (κ2) is 10.4. The van der Waals surface area contributed by atoms with E-state index in [1.807, 2.05) is 37.3 Å². The van der Waals surface area contributed by atoms with Gasteiger partial charge in [-0.15, -0.1) is 0 Å². The Kier molecular flexibility index (Phi) is 6.92. The number of benzene rings is 2. The van der Waals surface area contributed by atoms with Crippen molar-refractivity contribution in [3.8, 4) is 28.7 Å². The highest BCUT2D eigenvalue weighted by Gasteiger charge is 2.20. The molecule has 0 amide bonds. The molecular weight excluding hydrogens is 468 g/mol. The SMILES string of the molecule is COc1c(C(=O)O)cnn1-c1cccc(-c2cccc(C)c2OCc2ccc3c(c2C)CCNCC3)n1. The lowest BCUT2D eigenvalue weighted by Gasteiger charge is -2.18. The van der Waals surface area contributed by atoms with Crippen LogP contribution in [0.25, 0.3) is 17.1 Å². The predicted molar refractivity (Wildman–Crippen MR) is 141 cm³/mol. The van der Waals surface area contributed by atoms with E-state index in [-0.39, 0.29) is 11.4 Å². The third-order valence-electron chi connectivity index (χ3n) is 6.89. The Balaban J connectivity index is 1.47. The summed E-state index contributed by atoms with van der Waals surface area (Å²) in [5.41, 5.74) is 7.85. The van der Waals surface area contributed by atoms with Crippen molar-refractivity contribution in [3.63, 3.8) is 0 Å². The van der Waals surface area contributed by atoms with Crippen molar-refractivity contribution in [2.45, 2.75) is 33.3 Å². The first-order valence-corrected chi connectivity index (χ1v) is 12.3. The average Bonchev–Trinajstić information content (AvgIpc) is 3.20. The molecule has 0 bridgehead atoms. The van der Waals surface area contributed by atoms with Gasteiger partial charge in [0, 0.05) is 5.56 Å². The summed E-state index contributed by atoms with van der Waals surface area (Å²) in [6.07, 6.45) is 3.34. The molecule has 5 rings (SSSR count). The first-order valence-electron chi connectivity index (χ1n) is 12.3. The second-order valence-corrected chi connectivity index (χ2v) is 9.14. The molecule has 0 saturated carbocycles. The Hall–Kier alpha value is -4.17. The highest BCUT2D eigenvalue weighted by molar-refractivity contribution is 5.90. The summed E-state index contributed by atoms with van der Waals surface area (Å²) in [6.45, 7) is 6.68. The van der Waals surface area contributed by atoms with Gasteiger partial charge in [0.05, 0.1) is 19.0 Å². The molecule has 1 aliphatic rings. The van der Waals surface area contributed by atoms with Crippen molar-refractivity contribution >= 4 is 5.97 Å². The van der Waals surface area contributed by atoms with Crippen LogP contribution in [0.15, 0.2) is 54.7 Å². The van der Waals surface area contributed by atoms with Crippen LogP contribution in [0.5, 0.6) is 11.6 Å². The standard InChI is InChI=1S/C29H30N4O4/c1-18-6-4-7-23(25-8-5-9-26(32-25)33-28(36-3)24(16-31-33)29(34)35)27(18)37-17-21-11-10-20-12-14-30-15-13-22(20)19(21)2/h4-11,16,30H,12-15,17H2,1-3H3,(H,34,35). The van der Waals surface area contributed by atoms with E-state index in [0.29, 0.717) is 18.1 Å². The van der Waals surface area contributed by atoms with E-state index < -0.39 is 5.97 Å². The number of para-hydroxylation sites is 1. The van der Waals surface area contributed by atoms with Gasteiger partial charge in [-0.25, -0.2) is 9.78 Å². The number of hydrogen-bond donors (Lipinski definition) is 2. The van der Waals surface area contributed by atoms with Gasteiger partial charge in [0.2, 0.25) is 5.88 Å². The minimum atomic E-state index is -1.11. The Labute approximate surface area is 215 Å². The summed E-state index contributed by atoms with van der Waals surface area (Å²) in [4.78, 5) is 16.3. The number of aromatic nitrogens is 3. The van der Waals surface area contributed by atoms with Crippen molar-refractivity contribution in [2.75, 3.05) is 20.2 Å². The van der Waals surface area contributed by atoms with E-state index >= 15 is 0 Å². The summed E-state index contributed by atoms with van der Waals surface area (Å²) < 4.78 is 13.2. The largest absolute Gasteiger partial charge is 0.488 e. The lowest BCUT2D eigenvalue weighted by molar-refractivity contribution is 0.0693. The van der Waals surface area contributed by atoms with Crippen LogP contribution in [0, 0.1) is 13.8 Å². The van der Waals surface area contributed by atoms with E-state index in [9.17, 15) is 9.90 Å². The van der Waals surface area contributed by atoms with Crippen LogP contribution in [-0.2, 0) is 19.4 Å². The molecule has 2 N–H and O–H groups in total. The lowest BCUT2D eigenvalue weighted by atomic mass is 9.94. The fraction of sp³-hybridized carbons (Fsp3) is 0.276. The number of aryl methyl sites for hydroxylation is 1. The van der Waals surface area contributed by atoms with Gasteiger partial charge in [-0.05, 0) is 85.8 Å². The number of carboxylic acids is 1. The number of methoxy groups -OCH3 is 1. The summed E-state index contributed by atoms with van der Waals surface area (Å²) in [7, 11) is 1.41. The molecule has 1 aliphatic heterocycles. The number of rotatable bonds is 7. The summed E-state index contributed by atoms with van der Waals surface area (Å²) in [5.74, 6) is 0.219. The Morgan fingerprint density at radius 1 is 1.08 bits per heavy atom. The van der Waals surface area contributed by atoms with E-state index in [2.05, 4.69) is 29.5 Å². The average molecular weight is 499 g/mol. The molecule has 2 aromatic carbocycles. The van der Waals surface area contributed by atoms with Gasteiger partial charge >= 0.3 is 5.97 Å². The van der Waals surface area contributed by atoms with Crippen LogP contribution in [-0.4, -0.2) is 46.0 Å². The molecule has 190 valence electrons. The first-order chi connectivity index (χ1) is 18.0. The Morgan fingerprint density at radius 3 is 2.70 bits per heavy atom. The molecule has 3 heterocycles. The number of pyridine rings is 1. The van der Waals surface area contributed by atoms with Crippen molar-refractivity contribution in [1.82, 2.24) is 20.1 Å². The van der Waals surface area contributed by atoms with E-state index in [1.165, 1.54) is 40.2 Å². The topological polar surface area (TPSA) is 98.5 Å². The quantitative estimate of drug-likeness (QED) is 0.386. The molecule has 2 aromatic heterocycles. The number of hydrogen-bond acceptors (Lipinski definition) is 6. The first kappa shape index (κ1) is 24.5. The minimum absolute atomic E-state index is 0.0267. The van der Waals surface area contributed by atoms with Crippen LogP contribution >= 0.6 is 0 Å². The molecule has 8 nitrogen and oxygen atoms in total. The van der Waals surface area contributed by atoms with Gasteiger partial charge in [0.25, 0.3) is 0 Å². The maximum Gasteiger partial charge on any atom is 0.342 e. The molecule has 37 heavy (non-hydrogen) atoms. The molecule has 0 spiro atoms. The molecule has 0 radical (unpaired) electrons.